The number of rotatable bonds is 7. The van der Waals surface area contributed by atoms with Gasteiger partial charge in [0, 0.05) is 36.3 Å². The molecule has 0 atom stereocenters. The molecule has 33 heavy (non-hydrogen) atoms. The van der Waals surface area contributed by atoms with Gasteiger partial charge in [-0.2, -0.15) is 4.39 Å². The second kappa shape index (κ2) is 10.3. The lowest BCUT2D eigenvalue weighted by atomic mass is 9.96. The molecule has 0 unspecified atom stereocenters. The van der Waals surface area contributed by atoms with Crippen molar-refractivity contribution in [2.24, 2.45) is 4.99 Å². The summed E-state index contributed by atoms with van der Waals surface area (Å²) >= 11 is 12.0. The first kappa shape index (κ1) is 23.2. The number of carbonyl (C=O) groups is 1. The van der Waals surface area contributed by atoms with Gasteiger partial charge in [-0.3, -0.25) is 9.79 Å². The molecule has 170 valence electrons. The molecule has 8 heteroatoms. The Hall–Kier alpha value is -2.96. The van der Waals surface area contributed by atoms with E-state index in [1.165, 1.54) is 6.07 Å². The highest BCUT2D eigenvalue weighted by atomic mass is 35.5. The fraction of sp³-hybridized carbons (Fsp3) is 0.240. The lowest BCUT2D eigenvalue weighted by Gasteiger charge is -2.13. The van der Waals surface area contributed by atoms with E-state index in [1.807, 2.05) is 18.2 Å². The quantitative estimate of drug-likeness (QED) is 0.443. The van der Waals surface area contributed by atoms with Gasteiger partial charge < -0.3 is 10.6 Å². The second-order valence-electron chi connectivity index (χ2n) is 7.87. The summed E-state index contributed by atoms with van der Waals surface area (Å²) in [6, 6.07) is 14.0. The van der Waals surface area contributed by atoms with Gasteiger partial charge in [0.1, 0.15) is 0 Å². The first-order valence-electron chi connectivity index (χ1n) is 10.7. The van der Waals surface area contributed by atoms with Crippen molar-refractivity contribution in [3.05, 3.63) is 86.9 Å². The van der Waals surface area contributed by atoms with Crippen molar-refractivity contribution in [1.29, 1.82) is 0 Å². The molecule has 0 saturated heterocycles. The minimum Gasteiger partial charge on any atom is -0.372 e. The molecular weight excluding hydrogens is 462 g/mol. The summed E-state index contributed by atoms with van der Waals surface area (Å²) in [6.45, 7) is 3.72. The number of aliphatic imine (C=N–C) groups is 1. The van der Waals surface area contributed by atoms with Gasteiger partial charge in [0.05, 0.1) is 22.4 Å². The van der Waals surface area contributed by atoms with Gasteiger partial charge in [-0.05, 0) is 66.4 Å². The molecule has 2 aromatic carbocycles. The number of pyridine rings is 1. The van der Waals surface area contributed by atoms with Crippen molar-refractivity contribution >= 4 is 34.9 Å². The second-order valence-corrected chi connectivity index (χ2v) is 8.69. The highest BCUT2D eigenvalue weighted by molar-refractivity contribution is 6.42. The van der Waals surface area contributed by atoms with Gasteiger partial charge in [-0.15, -0.1) is 0 Å². The van der Waals surface area contributed by atoms with Gasteiger partial charge >= 0.3 is 0 Å². The molecule has 0 spiro atoms. The summed E-state index contributed by atoms with van der Waals surface area (Å²) in [5, 5.41) is 7.11. The van der Waals surface area contributed by atoms with Crippen LogP contribution in [0.25, 0.3) is 11.1 Å². The zero-order chi connectivity index (χ0) is 23.4. The molecule has 2 heterocycles. The maximum absolute atomic E-state index is 13.5. The Balaban J connectivity index is 1.59. The first-order valence-corrected chi connectivity index (χ1v) is 11.4. The molecule has 1 aliphatic rings. The molecule has 5 nitrogen and oxygen atoms in total. The summed E-state index contributed by atoms with van der Waals surface area (Å²) in [4.78, 5) is 21.4. The predicted molar refractivity (Wildman–Crippen MR) is 131 cm³/mol. The molecular formula is C25H23Cl2FN4O. The van der Waals surface area contributed by atoms with Crippen LogP contribution >= 0.6 is 23.2 Å². The molecule has 2 N–H and O–H groups in total. The number of halogens is 3. The third-order valence-electron chi connectivity index (χ3n) is 5.45. The van der Waals surface area contributed by atoms with Crippen molar-refractivity contribution in [2.45, 2.75) is 26.3 Å². The van der Waals surface area contributed by atoms with Gasteiger partial charge in [0.25, 0.3) is 5.91 Å². The Bertz CT molecular complexity index is 1230. The highest BCUT2D eigenvalue weighted by Crippen LogP contribution is 2.26. The standard InChI is InChI=1S/C25H23Cl2FN4O/c1-15-20(4-6-23(28)32-15)18-10-16(3-7-24-29-8-9-30-24)11-19(13-18)25(33)31-14-17-2-5-21(26)22(27)12-17/h2,4-6,10-13H,3,7-9,14H2,1H3,(H,29,30)(H,31,33). The summed E-state index contributed by atoms with van der Waals surface area (Å²) in [5.74, 6) is 0.233. The minimum absolute atomic E-state index is 0.215. The van der Waals surface area contributed by atoms with Crippen molar-refractivity contribution in [1.82, 2.24) is 15.6 Å². The fourth-order valence-electron chi connectivity index (χ4n) is 3.77. The number of carbonyl (C=O) groups excluding carboxylic acids is 1. The first-order chi connectivity index (χ1) is 15.9. The number of nitrogens with zero attached hydrogens (tertiary/aromatic N) is 2. The third-order valence-corrected chi connectivity index (χ3v) is 6.19. The van der Waals surface area contributed by atoms with E-state index in [1.54, 1.807) is 31.2 Å². The van der Waals surface area contributed by atoms with Crippen LogP contribution in [0.1, 0.15) is 33.6 Å². The Kier molecular flexibility index (Phi) is 7.26. The smallest absolute Gasteiger partial charge is 0.251 e. The number of hydrogen-bond donors (Lipinski definition) is 2. The van der Waals surface area contributed by atoms with Crippen LogP contribution in [0.3, 0.4) is 0 Å². The molecule has 0 fully saturated rings. The van der Waals surface area contributed by atoms with Crippen LogP contribution in [0.4, 0.5) is 4.39 Å². The van der Waals surface area contributed by atoms with Crippen LogP contribution in [0, 0.1) is 12.9 Å². The zero-order valence-electron chi connectivity index (χ0n) is 18.1. The fourth-order valence-corrected chi connectivity index (χ4v) is 4.09. The molecule has 3 aromatic rings. The maximum Gasteiger partial charge on any atom is 0.251 e. The maximum atomic E-state index is 13.5. The summed E-state index contributed by atoms with van der Waals surface area (Å²) < 4.78 is 13.5. The van der Waals surface area contributed by atoms with E-state index in [0.717, 1.165) is 54.0 Å². The van der Waals surface area contributed by atoms with Gasteiger partial charge in [0.2, 0.25) is 5.95 Å². The molecule has 0 aliphatic carbocycles. The monoisotopic (exact) mass is 484 g/mol. The normalized spacial score (nSPS) is 12.9. The molecule has 0 radical (unpaired) electrons. The molecule has 1 aliphatic heterocycles. The molecule has 0 bridgehead atoms. The average molecular weight is 485 g/mol. The van der Waals surface area contributed by atoms with Gasteiger partial charge in [-0.25, -0.2) is 4.98 Å². The SMILES string of the molecule is Cc1nc(F)ccc1-c1cc(CCC2=NCCN2)cc(C(=O)NCc2ccc(Cl)c(Cl)c2)c1. The number of amidine groups is 1. The Morgan fingerprint density at radius 2 is 1.91 bits per heavy atom. The number of aromatic nitrogens is 1. The van der Waals surface area contributed by atoms with E-state index in [2.05, 4.69) is 20.6 Å². The summed E-state index contributed by atoms with van der Waals surface area (Å²) in [6.07, 6.45) is 1.48. The third kappa shape index (κ3) is 5.89. The number of hydrogen-bond acceptors (Lipinski definition) is 4. The Morgan fingerprint density at radius 1 is 1.06 bits per heavy atom. The number of aryl methyl sites for hydroxylation is 2. The molecule has 1 aromatic heterocycles. The molecule has 4 rings (SSSR count). The lowest BCUT2D eigenvalue weighted by molar-refractivity contribution is 0.0951. The van der Waals surface area contributed by atoms with Crippen LogP contribution in [0.2, 0.25) is 10.0 Å². The Morgan fingerprint density at radius 3 is 2.64 bits per heavy atom. The van der Waals surface area contributed by atoms with Crippen LogP contribution in [0.15, 0.2) is 53.5 Å². The van der Waals surface area contributed by atoms with Crippen LogP contribution < -0.4 is 10.6 Å². The van der Waals surface area contributed by atoms with Crippen molar-refractivity contribution in [2.75, 3.05) is 13.1 Å². The van der Waals surface area contributed by atoms with Crippen LogP contribution in [0.5, 0.6) is 0 Å². The van der Waals surface area contributed by atoms with Crippen LogP contribution in [-0.2, 0) is 13.0 Å². The number of nitrogens with one attached hydrogen (secondary N) is 2. The highest BCUT2D eigenvalue weighted by Gasteiger charge is 2.14. The summed E-state index contributed by atoms with van der Waals surface area (Å²) in [7, 11) is 0. The van der Waals surface area contributed by atoms with E-state index >= 15 is 0 Å². The van der Waals surface area contributed by atoms with E-state index in [4.69, 9.17) is 23.2 Å². The number of benzene rings is 2. The zero-order valence-corrected chi connectivity index (χ0v) is 19.6. The lowest BCUT2D eigenvalue weighted by Crippen LogP contribution is -2.23. The minimum atomic E-state index is -0.530. The topological polar surface area (TPSA) is 66.4 Å². The average Bonchev–Trinajstić information content (AvgIpc) is 3.32. The van der Waals surface area contributed by atoms with E-state index in [9.17, 15) is 9.18 Å². The molecule has 1 amide bonds. The van der Waals surface area contributed by atoms with Gasteiger partial charge in [-0.1, -0.05) is 35.3 Å². The van der Waals surface area contributed by atoms with Crippen LogP contribution in [-0.4, -0.2) is 29.8 Å². The predicted octanol–water partition coefficient (Wildman–Crippen LogP) is 5.37. The van der Waals surface area contributed by atoms with Crippen molar-refractivity contribution < 1.29 is 9.18 Å². The van der Waals surface area contributed by atoms with Gasteiger partial charge in [0.15, 0.2) is 0 Å². The molecule has 0 saturated carbocycles. The largest absolute Gasteiger partial charge is 0.372 e. The van der Waals surface area contributed by atoms with Crippen molar-refractivity contribution in [3.8, 4) is 11.1 Å². The van der Waals surface area contributed by atoms with E-state index in [-0.39, 0.29) is 5.91 Å². The van der Waals surface area contributed by atoms with E-state index in [0.29, 0.717) is 27.8 Å². The van der Waals surface area contributed by atoms with Crippen molar-refractivity contribution in [3.63, 3.8) is 0 Å². The number of amides is 1. The summed E-state index contributed by atoms with van der Waals surface area (Å²) in [5.41, 5.74) is 4.53. The van der Waals surface area contributed by atoms with E-state index < -0.39 is 5.95 Å². The Labute approximate surface area is 202 Å².